The van der Waals surface area contributed by atoms with Gasteiger partial charge >= 0.3 is 0 Å². The van der Waals surface area contributed by atoms with Crippen molar-refractivity contribution in [3.8, 4) is 56.0 Å². The number of rotatable bonds is 5. The van der Waals surface area contributed by atoms with Gasteiger partial charge in [0, 0.05) is 41.4 Å². The standard InChI is InChI=1S/C46H28N2S2/c1-2-12-29(13-3-1)30-14-8-15-31(26-30)32-16-9-17-33(27-32)34-18-10-19-35(28-34)46-47-42-38-21-5-7-25-41(38)50-45(42)43(48-46)39-23-11-22-37-36-20-4-6-24-40(36)49-44(37)39/h1-28H. The molecule has 0 aliphatic carbocycles. The molecule has 0 amide bonds. The van der Waals surface area contributed by atoms with Crippen LogP contribution in [0.1, 0.15) is 0 Å². The van der Waals surface area contributed by atoms with Gasteiger partial charge in [-0.1, -0.05) is 140 Å². The minimum atomic E-state index is 0.739. The summed E-state index contributed by atoms with van der Waals surface area (Å²) in [7, 11) is 0. The van der Waals surface area contributed by atoms with Crippen molar-refractivity contribution in [2.24, 2.45) is 0 Å². The maximum Gasteiger partial charge on any atom is 0.160 e. The van der Waals surface area contributed by atoms with Crippen molar-refractivity contribution in [1.29, 1.82) is 0 Å². The highest BCUT2D eigenvalue weighted by molar-refractivity contribution is 7.27. The summed E-state index contributed by atoms with van der Waals surface area (Å²) in [5, 5.41) is 3.73. The van der Waals surface area contributed by atoms with Crippen molar-refractivity contribution >= 4 is 63.1 Å². The first kappa shape index (κ1) is 29.0. The second kappa shape index (κ2) is 11.9. The molecule has 10 aromatic rings. The van der Waals surface area contributed by atoms with Gasteiger partial charge in [0.15, 0.2) is 5.82 Å². The van der Waals surface area contributed by atoms with Crippen LogP contribution in [0.25, 0.3) is 96.5 Å². The molecule has 0 fully saturated rings. The second-order valence-corrected chi connectivity index (χ2v) is 14.7. The molecule has 0 aliphatic rings. The van der Waals surface area contributed by atoms with Gasteiger partial charge in [0.25, 0.3) is 0 Å². The van der Waals surface area contributed by atoms with Crippen LogP contribution >= 0.6 is 22.7 Å². The van der Waals surface area contributed by atoms with Crippen LogP contribution in [0.4, 0.5) is 0 Å². The molecule has 0 bridgehead atoms. The molecule has 0 saturated heterocycles. The van der Waals surface area contributed by atoms with Gasteiger partial charge in [-0.2, -0.15) is 0 Å². The third kappa shape index (κ3) is 4.92. The SMILES string of the molecule is c1ccc(-c2cccc(-c3cccc(-c4cccc(-c5nc(-c6cccc7c6sc6ccccc67)c6sc7ccccc7c6n5)c4)c3)c2)cc1. The van der Waals surface area contributed by atoms with Crippen LogP contribution in [0.2, 0.25) is 0 Å². The van der Waals surface area contributed by atoms with Crippen molar-refractivity contribution in [2.75, 3.05) is 0 Å². The van der Waals surface area contributed by atoms with Crippen molar-refractivity contribution in [2.45, 2.75) is 0 Å². The predicted molar refractivity (Wildman–Crippen MR) is 215 cm³/mol. The van der Waals surface area contributed by atoms with E-state index < -0.39 is 0 Å². The lowest BCUT2D eigenvalue weighted by molar-refractivity contribution is 1.24. The molecule has 3 aromatic heterocycles. The number of benzene rings is 7. The third-order valence-corrected chi connectivity index (χ3v) is 11.9. The van der Waals surface area contributed by atoms with E-state index in [0.717, 1.165) is 44.0 Å². The van der Waals surface area contributed by atoms with Crippen LogP contribution in [0.5, 0.6) is 0 Å². The molecule has 0 radical (unpaired) electrons. The topological polar surface area (TPSA) is 25.8 Å². The van der Waals surface area contributed by atoms with Crippen LogP contribution in [0.15, 0.2) is 170 Å². The zero-order chi connectivity index (χ0) is 33.0. The number of fused-ring (bicyclic) bond motifs is 6. The predicted octanol–water partition coefficient (Wildman–Crippen LogP) is 13.5. The minimum Gasteiger partial charge on any atom is -0.226 e. The van der Waals surface area contributed by atoms with Gasteiger partial charge in [-0.05, 0) is 63.7 Å². The van der Waals surface area contributed by atoms with E-state index in [1.54, 1.807) is 11.3 Å². The summed E-state index contributed by atoms with van der Waals surface area (Å²) in [6, 6.07) is 60.7. The molecule has 0 spiro atoms. The molecule has 0 atom stereocenters. The Kier molecular flexibility index (Phi) is 6.90. The molecule has 3 heterocycles. The maximum atomic E-state index is 5.40. The molecule has 0 aliphatic heterocycles. The van der Waals surface area contributed by atoms with Gasteiger partial charge in [-0.3, -0.25) is 0 Å². The van der Waals surface area contributed by atoms with Gasteiger partial charge in [-0.25, -0.2) is 9.97 Å². The Bertz CT molecular complexity index is 2880. The number of hydrogen-bond acceptors (Lipinski definition) is 4. The van der Waals surface area contributed by atoms with Gasteiger partial charge in [0.2, 0.25) is 0 Å². The molecule has 234 valence electrons. The Balaban J connectivity index is 1.11. The zero-order valence-electron chi connectivity index (χ0n) is 26.9. The highest BCUT2D eigenvalue weighted by Crippen LogP contribution is 2.45. The lowest BCUT2D eigenvalue weighted by Crippen LogP contribution is -1.94. The number of thiophene rings is 2. The summed E-state index contributed by atoms with van der Waals surface area (Å²) in [6.45, 7) is 0. The van der Waals surface area contributed by atoms with E-state index in [0.29, 0.717) is 0 Å². The summed E-state index contributed by atoms with van der Waals surface area (Å²) < 4.78 is 4.90. The van der Waals surface area contributed by atoms with E-state index >= 15 is 0 Å². The highest BCUT2D eigenvalue weighted by atomic mass is 32.1. The average molecular weight is 673 g/mol. The molecule has 2 nitrogen and oxygen atoms in total. The molecule has 7 aromatic carbocycles. The van der Waals surface area contributed by atoms with Crippen molar-refractivity contribution in [1.82, 2.24) is 9.97 Å². The van der Waals surface area contributed by atoms with Gasteiger partial charge < -0.3 is 0 Å². The first-order chi connectivity index (χ1) is 24.8. The quantitative estimate of drug-likeness (QED) is 0.182. The lowest BCUT2D eigenvalue weighted by atomic mass is 9.95. The van der Waals surface area contributed by atoms with Crippen molar-refractivity contribution in [3.63, 3.8) is 0 Å². The van der Waals surface area contributed by atoms with E-state index in [1.807, 2.05) is 11.3 Å². The summed E-state index contributed by atoms with van der Waals surface area (Å²) >= 11 is 3.62. The van der Waals surface area contributed by atoms with Crippen molar-refractivity contribution < 1.29 is 0 Å². The van der Waals surface area contributed by atoms with Gasteiger partial charge in [0.05, 0.1) is 15.9 Å². The average Bonchev–Trinajstić information content (AvgIpc) is 3.77. The minimum absolute atomic E-state index is 0.739. The third-order valence-electron chi connectivity index (χ3n) is 9.50. The Morgan fingerprint density at radius 3 is 1.52 bits per heavy atom. The normalized spacial score (nSPS) is 11.6. The molecule has 10 rings (SSSR count). The van der Waals surface area contributed by atoms with Crippen LogP contribution in [0.3, 0.4) is 0 Å². The smallest absolute Gasteiger partial charge is 0.160 e. The Labute approximate surface area is 297 Å². The summed E-state index contributed by atoms with van der Waals surface area (Å²) in [5.74, 6) is 0.739. The fourth-order valence-electron chi connectivity index (χ4n) is 7.06. The zero-order valence-corrected chi connectivity index (χ0v) is 28.5. The Morgan fingerprint density at radius 1 is 0.340 bits per heavy atom. The van der Waals surface area contributed by atoms with E-state index in [4.69, 9.17) is 9.97 Å². The van der Waals surface area contributed by atoms with E-state index in [1.165, 1.54) is 52.5 Å². The van der Waals surface area contributed by atoms with Gasteiger partial charge in [0.1, 0.15) is 0 Å². The molecule has 50 heavy (non-hydrogen) atoms. The fraction of sp³-hybridized carbons (Fsp3) is 0. The molecule has 0 saturated carbocycles. The van der Waals surface area contributed by atoms with Crippen LogP contribution in [0, 0.1) is 0 Å². The highest BCUT2D eigenvalue weighted by Gasteiger charge is 2.20. The lowest BCUT2D eigenvalue weighted by Gasteiger charge is -2.11. The largest absolute Gasteiger partial charge is 0.226 e. The van der Waals surface area contributed by atoms with Gasteiger partial charge in [-0.15, -0.1) is 22.7 Å². The molecular formula is C46H28N2S2. The number of nitrogens with zero attached hydrogens (tertiary/aromatic N) is 2. The van der Waals surface area contributed by atoms with Crippen LogP contribution in [-0.4, -0.2) is 9.97 Å². The Morgan fingerprint density at radius 2 is 0.820 bits per heavy atom. The summed E-state index contributed by atoms with van der Waals surface area (Å²) in [5.41, 5.74) is 11.3. The van der Waals surface area contributed by atoms with E-state index in [9.17, 15) is 0 Å². The number of aromatic nitrogens is 2. The Hall–Kier alpha value is -5.94. The molecule has 0 unspecified atom stereocenters. The first-order valence-corrected chi connectivity index (χ1v) is 18.4. The molecular weight excluding hydrogens is 645 g/mol. The van der Waals surface area contributed by atoms with Crippen molar-refractivity contribution in [3.05, 3.63) is 170 Å². The summed E-state index contributed by atoms with van der Waals surface area (Å²) in [6.07, 6.45) is 0. The monoisotopic (exact) mass is 672 g/mol. The summed E-state index contributed by atoms with van der Waals surface area (Å²) in [4.78, 5) is 10.7. The first-order valence-electron chi connectivity index (χ1n) is 16.7. The molecule has 4 heteroatoms. The number of hydrogen-bond donors (Lipinski definition) is 0. The van der Waals surface area contributed by atoms with Crippen LogP contribution in [-0.2, 0) is 0 Å². The molecule has 0 N–H and O–H groups in total. The van der Waals surface area contributed by atoms with E-state index in [2.05, 4.69) is 170 Å². The maximum absolute atomic E-state index is 5.40. The van der Waals surface area contributed by atoms with Crippen LogP contribution < -0.4 is 0 Å². The van der Waals surface area contributed by atoms with E-state index in [-0.39, 0.29) is 0 Å². The second-order valence-electron chi connectivity index (χ2n) is 12.6. The fourth-order valence-corrected chi connectivity index (χ4v) is 9.42.